The molecule has 2 aromatic rings. The zero-order valence-electron chi connectivity index (χ0n) is 8.41. The Morgan fingerprint density at radius 3 is 2.47 bits per heavy atom. The lowest BCUT2D eigenvalue weighted by atomic mass is 10.1. The fourth-order valence-electron chi connectivity index (χ4n) is 1.40. The highest BCUT2D eigenvalue weighted by atomic mass is 32.1. The molecule has 0 radical (unpaired) electrons. The topological polar surface area (TPSA) is 0 Å². The third-order valence-electron chi connectivity index (χ3n) is 2.22. The number of halogens is 1. The summed E-state index contributed by atoms with van der Waals surface area (Å²) in [6.45, 7) is 1.70. The molecule has 76 valence electrons. The second kappa shape index (κ2) is 4.41. The molecule has 0 amide bonds. The Kier molecular flexibility index (Phi) is 2.97. The van der Waals surface area contributed by atoms with Crippen molar-refractivity contribution in [2.45, 2.75) is 6.92 Å². The summed E-state index contributed by atoms with van der Waals surface area (Å²) in [5.41, 5.74) is 1.77. The number of thiophene rings is 1. The van der Waals surface area contributed by atoms with Crippen LogP contribution in [-0.4, -0.2) is 0 Å². The molecule has 0 saturated heterocycles. The number of hydrogen-bond donors (Lipinski definition) is 0. The largest absolute Gasteiger partial charge is 0.207 e. The molecule has 2 rings (SSSR count). The molecule has 0 aliphatic carbocycles. The van der Waals surface area contributed by atoms with Gasteiger partial charge < -0.3 is 0 Å². The van der Waals surface area contributed by atoms with Gasteiger partial charge in [0.1, 0.15) is 5.83 Å². The minimum Gasteiger partial charge on any atom is -0.207 e. The van der Waals surface area contributed by atoms with Crippen molar-refractivity contribution in [2.24, 2.45) is 0 Å². The predicted octanol–water partition coefficient (Wildman–Crippen LogP) is 4.75. The SMILES string of the molecule is C/C=C(\F)c1ccc(-c2cccs2)cc1. The first-order valence-corrected chi connectivity index (χ1v) is 5.65. The molecular formula is C13H11FS. The van der Waals surface area contributed by atoms with Crippen molar-refractivity contribution < 1.29 is 4.39 Å². The van der Waals surface area contributed by atoms with E-state index in [4.69, 9.17) is 0 Å². The average molecular weight is 218 g/mol. The molecule has 1 heterocycles. The minimum atomic E-state index is -0.173. The zero-order chi connectivity index (χ0) is 10.7. The third-order valence-corrected chi connectivity index (χ3v) is 3.14. The van der Waals surface area contributed by atoms with Gasteiger partial charge in [0.15, 0.2) is 0 Å². The van der Waals surface area contributed by atoms with E-state index >= 15 is 0 Å². The van der Waals surface area contributed by atoms with Crippen LogP contribution < -0.4 is 0 Å². The minimum absolute atomic E-state index is 0.173. The molecule has 0 aliphatic rings. The van der Waals surface area contributed by atoms with Crippen LogP contribution >= 0.6 is 11.3 Å². The summed E-state index contributed by atoms with van der Waals surface area (Å²) in [4.78, 5) is 1.21. The van der Waals surface area contributed by atoms with Gasteiger partial charge in [0, 0.05) is 10.4 Å². The molecule has 0 fully saturated rings. The summed E-state index contributed by atoms with van der Waals surface area (Å²) in [6.07, 6.45) is 1.47. The Morgan fingerprint density at radius 1 is 1.20 bits per heavy atom. The van der Waals surface area contributed by atoms with Gasteiger partial charge in [0.25, 0.3) is 0 Å². The maximum absolute atomic E-state index is 13.2. The van der Waals surface area contributed by atoms with Crippen molar-refractivity contribution in [3.63, 3.8) is 0 Å². The van der Waals surface area contributed by atoms with Crippen LogP contribution in [0.1, 0.15) is 12.5 Å². The molecule has 0 bridgehead atoms. The molecule has 0 nitrogen and oxygen atoms in total. The fraction of sp³-hybridized carbons (Fsp3) is 0.0769. The molecule has 2 heteroatoms. The lowest BCUT2D eigenvalue weighted by Crippen LogP contribution is -1.78. The third kappa shape index (κ3) is 2.16. The second-order valence-electron chi connectivity index (χ2n) is 3.19. The lowest BCUT2D eigenvalue weighted by molar-refractivity contribution is 0.758. The molecule has 0 spiro atoms. The van der Waals surface area contributed by atoms with Crippen molar-refractivity contribution in [1.82, 2.24) is 0 Å². The zero-order valence-corrected chi connectivity index (χ0v) is 9.22. The normalized spacial score (nSPS) is 11.7. The molecule has 0 aliphatic heterocycles. The van der Waals surface area contributed by atoms with E-state index in [2.05, 4.69) is 6.07 Å². The van der Waals surface area contributed by atoms with Crippen LogP contribution in [0.2, 0.25) is 0 Å². The van der Waals surface area contributed by atoms with Gasteiger partial charge in [0.05, 0.1) is 0 Å². The van der Waals surface area contributed by atoms with Gasteiger partial charge >= 0.3 is 0 Å². The standard InChI is InChI=1S/C13H11FS/c1-2-12(14)10-5-7-11(8-6-10)13-4-3-9-15-13/h2-9H,1H3/b12-2-. The first-order chi connectivity index (χ1) is 7.31. The van der Waals surface area contributed by atoms with Crippen LogP contribution in [0, 0.1) is 0 Å². The van der Waals surface area contributed by atoms with Gasteiger partial charge in [-0.05, 0) is 23.9 Å². The second-order valence-corrected chi connectivity index (χ2v) is 4.14. The van der Waals surface area contributed by atoms with Crippen molar-refractivity contribution in [3.05, 3.63) is 53.4 Å². The maximum atomic E-state index is 13.2. The van der Waals surface area contributed by atoms with E-state index in [0.29, 0.717) is 5.56 Å². The molecular weight excluding hydrogens is 207 g/mol. The highest BCUT2D eigenvalue weighted by Gasteiger charge is 2.01. The Balaban J connectivity index is 2.33. The van der Waals surface area contributed by atoms with Gasteiger partial charge in [0.2, 0.25) is 0 Å². The number of benzene rings is 1. The molecule has 1 aromatic heterocycles. The highest BCUT2D eigenvalue weighted by molar-refractivity contribution is 7.13. The lowest BCUT2D eigenvalue weighted by Gasteiger charge is -2.00. The molecule has 0 atom stereocenters. The smallest absolute Gasteiger partial charge is 0.126 e. The summed E-state index contributed by atoms with van der Waals surface area (Å²) in [7, 11) is 0. The number of rotatable bonds is 2. The number of hydrogen-bond acceptors (Lipinski definition) is 1. The van der Waals surface area contributed by atoms with E-state index in [-0.39, 0.29) is 5.83 Å². The van der Waals surface area contributed by atoms with Crippen LogP contribution in [0.5, 0.6) is 0 Å². The Morgan fingerprint density at radius 2 is 1.93 bits per heavy atom. The van der Waals surface area contributed by atoms with E-state index in [1.165, 1.54) is 11.0 Å². The van der Waals surface area contributed by atoms with Gasteiger partial charge in [-0.3, -0.25) is 0 Å². The van der Waals surface area contributed by atoms with Crippen LogP contribution in [0.4, 0.5) is 4.39 Å². The summed E-state index contributed by atoms with van der Waals surface area (Å²) < 4.78 is 13.2. The highest BCUT2D eigenvalue weighted by Crippen LogP contribution is 2.26. The quantitative estimate of drug-likeness (QED) is 0.682. The van der Waals surface area contributed by atoms with Crippen LogP contribution in [0.3, 0.4) is 0 Å². The Labute approximate surface area is 92.7 Å². The predicted molar refractivity (Wildman–Crippen MR) is 64.5 cm³/mol. The summed E-state index contributed by atoms with van der Waals surface area (Å²) in [6, 6.07) is 11.6. The summed E-state index contributed by atoms with van der Waals surface area (Å²) in [5, 5.41) is 2.04. The van der Waals surface area contributed by atoms with Crippen LogP contribution in [0.25, 0.3) is 16.3 Å². The van der Waals surface area contributed by atoms with E-state index < -0.39 is 0 Å². The number of allylic oxidation sites excluding steroid dienone is 1. The molecule has 15 heavy (non-hydrogen) atoms. The van der Waals surface area contributed by atoms with Gasteiger partial charge in [-0.25, -0.2) is 4.39 Å². The van der Waals surface area contributed by atoms with Crippen molar-refractivity contribution in [2.75, 3.05) is 0 Å². The average Bonchev–Trinajstić information content (AvgIpc) is 2.82. The van der Waals surface area contributed by atoms with E-state index in [1.807, 2.05) is 35.7 Å². The van der Waals surface area contributed by atoms with Crippen molar-refractivity contribution >= 4 is 17.2 Å². The van der Waals surface area contributed by atoms with Crippen LogP contribution in [0.15, 0.2) is 47.9 Å². The Bertz CT molecular complexity index is 452. The van der Waals surface area contributed by atoms with Gasteiger partial charge in [-0.15, -0.1) is 11.3 Å². The summed E-state index contributed by atoms with van der Waals surface area (Å²) >= 11 is 1.69. The van der Waals surface area contributed by atoms with Crippen LogP contribution in [-0.2, 0) is 0 Å². The van der Waals surface area contributed by atoms with Gasteiger partial charge in [-0.2, -0.15) is 0 Å². The van der Waals surface area contributed by atoms with Gasteiger partial charge in [-0.1, -0.05) is 36.4 Å². The summed E-state index contributed by atoms with van der Waals surface area (Å²) in [5.74, 6) is -0.173. The van der Waals surface area contributed by atoms with E-state index in [9.17, 15) is 4.39 Å². The molecule has 1 aromatic carbocycles. The first-order valence-electron chi connectivity index (χ1n) is 4.77. The van der Waals surface area contributed by atoms with Crippen molar-refractivity contribution in [3.8, 4) is 10.4 Å². The van der Waals surface area contributed by atoms with Crippen molar-refractivity contribution in [1.29, 1.82) is 0 Å². The Hall–Kier alpha value is -1.41. The maximum Gasteiger partial charge on any atom is 0.126 e. The van der Waals surface area contributed by atoms with E-state index in [1.54, 1.807) is 18.3 Å². The monoisotopic (exact) mass is 218 g/mol. The first kappa shape index (κ1) is 10.1. The molecule has 0 N–H and O–H groups in total. The van der Waals surface area contributed by atoms with E-state index in [0.717, 1.165) is 5.56 Å². The molecule has 0 saturated carbocycles. The fourth-order valence-corrected chi connectivity index (χ4v) is 2.14. The molecule has 0 unspecified atom stereocenters.